The number of hydrogen-bond acceptors (Lipinski definition) is 4. The van der Waals surface area contributed by atoms with E-state index in [1.165, 1.54) is 17.0 Å². The van der Waals surface area contributed by atoms with Gasteiger partial charge in [0.2, 0.25) is 5.91 Å². The van der Waals surface area contributed by atoms with Crippen molar-refractivity contribution in [2.24, 2.45) is 0 Å². The molecule has 0 bridgehead atoms. The number of thiophene rings is 2. The Morgan fingerprint density at radius 1 is 1.15 bits per heavy atom. The fraction of sp³-hybridized carbons (Fsp3) is 0.190. The van der Waals surface area contributed by atoms with E-state index in [0.717, 1.165) is 10.4 Å². The highest BCUT2D eigenvalue weighted by Crippen LogP contribution is 2.26. The average molecular weight is 401 g/mol. The van der Waals surface area contributed by atoms with E-state index >= 15 is 0 Å². The molecule has 1 unspecified atom stereocenters. The first-order valence-electron chi connectivity index (χ1n) is 8.59. The molecule has 0 spiro atoms. The SMILES string of the molecule is C=CCN(CC(=O)NC(c1ccc(F)cc1)c1cccs1)Cc1cccs1. The molecular formula is C21H21FN2OS2. The lowest BCUT2D eigenvalue weighted by Crippen LogP contribution is -2.38. The maximum absolute atomic E-state index is 13.3. The van der Waals surface area contributed by atoms with E-state index in [-0.39, 0.29) is 24.3 Å². The zero-order valence-electron chi connectivity index (χ0n) is 14.8. The zero-order chi connectivity index (χ0) is 19.1. The lowest BCUT2D eigenvalue weighted by Gasteiger charge is -2.23. The van der Waals surface area contributed by atoms with Gasteiger partial charge in [0.05, 0.1) is 12.6 Å². The fourth-order valence-corrected chi connectivity index (χ4v) is 4.38. The van der Waals surface area contributed by atoms with Crippen molar-refractivity contribution in [3.05, 3.63) is 93.1 Å². The summed E-state index contributed by atoms with van der Waals surface area (Å²) in [6.07, 6.45) is 1.80. The summed E-state index contributed by atoms with van der Waals surface area (Å²) < 4.78 is 13.3. The van der Waals surface area contributed by atoms with Crippen molar-refractivity contribution in [2.75, 3.05) is 13.1 Å². The Hall–Kier alpha value is -2.28. The Bertz CT molecular complexity index is 845. The standard InChI is InChI=1S/C21H21FN2OS2/c1-2-11-24(14-18-5-3-12-26-18)15-20(25)23-21(19-6-4-13-27-19)16-7-9-17(22)10-8-16/h2-10,12-13,21H,1,11,14-15H2,(H,23,25). The second kappa shape index (κ2) is 9.60. The summed E-state index contributed by atoms with van der Waals surface area (Å²) in [6.45, 7) is 5.40. The van der Waals surface area contributed by atoms with E-state index in [0.29, 0.717) is 13.1 Å². The Balaban J connectivity index is 1.71. The van der Waals surface area contributed by atoms with Crippen LogP contribution in [0.2, 0.25) is 0 Å². The van der Waals surface area contributed by atoms with E-state index in [2.05, 4.69) is 18.0 Å². The highest BCUT2D eigenvalue weighted by Gasteiger charge is 2.19. The second-order valence-electron chi connectivity index (χ2n) is 6.11. The van der Waals surface area contributed by atoms with Crippen LogP contribution in [0.5, 0.6) is 0 Å². The lowest BCUT2D eigenvalue weighted by atomic mass is 10.1. The van der Waals surface area contributed by atoms with Crippen LogP contribution in [0.4, 0.5) is 4.39 Å². The minimum absolute atomic E-state index is 0.0730. The lowest BCUT2D eigenvalue weighted by molar-refractivity contribution is -0.122. The number of amides is 1. The predicted molar refractivity (Wildman–Crippen MR) is 110 cm³/mol. The van der Waals surface area contributed by atoms with Crippen LogP contribution in [0.1, 0.15) is 21.4 Å². The third kappa shape index (κ3) is 5.60. The van der Waals surface area contributed by atoms with Crippen molar-refractivity contribution in [1.82, 2.24) is 10.2 Å². The molecule has 2 aromatic heterocycles. The van der Waals surface area contributed by atoms with Crippen LogP contribution in [0.15, 0.2) is 71.9 Å². The van der Waals surface area contributed by atoms with Gasteiger partial charge in [0.15, 0.2) is 0 Å². The molecule has 0 aliphatic carbocycles. The van der Waals surface area contributed by atoms with E-state index in [1.807, 2.05) is 33.9 Å². The van der Waals surface area contributed by atoms with Crippen molar-refractivity contribution in [3.8, 4) is 0 Å². The number of nitrogens with zero attached hydrogens (tertiary/aromatic N) is 1. The number of carbonyl (C=O) groups excluding carboxylic acids is 1. The molecule has 0 aliphatic heterocycles. The van der Waals surface area contributed by atoms with Gasteiger partial charge in [-0.1, -0.05) is 30.3 Å². The van der Waals surface area contributed by atoms with Gasteiger partial charge >= 0.3 is 0 Å². The molecule has 2 heterocycles. The average Bonchev–Trinajstić information content (AvgIpc) is 3.35. The summed E-state index contributed by atoms with van der Waals surface area (Å²) in [5.41, 5.74) is 0.862. The number of carbonyl (C=O) groups is 1. The second-order valence-corrected chi connectivity index (χ2v) is 8.12. The van der Waals surface area contributed by atoms with Crippen molar-refractivity contribution in [1.29, 1.82) is 0 Å². The van der Waals surface area contributed by atoms with Crippen molar-refractivity contribution < 1.29 is 9.18 Å². The summed E-state index contributed by atoms with van der Waals surface area (Å²) in [5, 5.41) is 7.10. The van der Waals surface area contributed by atoms with Crippen LogP contribution in [-0.4, -0.2) is 23.9 Å². The van der Waals surface area contributed by atoms with Gasteiger partial charge in [0.25, 0.3) is 0 Å². The van der Waals surface area contributed by atoms with Crippen LogP contribution < -0.4 is 5.32 Å². The topological polar surface area (TPSA) is 32.3 Å². The van der Waals surface area contributed by atoms with Gasteiger partial charge in [-0.2, -0.15) is 0 Å². The van der Waals surface area contributed by atoms with Crippen LogP contribution in [0.3, 0.4) is 0 Å². The molecule has 3 aromatic rings. The van der Waals surface area contributed by atoms with Gasteiger partial charge in [-0.05, 0) is 40.6 Å². The molecule has 3 rings (SSSR count). The molecule has 1 amide bonds. The molecule has 0 aliphatic rings. The normalized spacial score (nSPS) is 12.1. The Morgan fingerprint density at radius 2 is 1.89 bits per heavy atom. The number of benzene rings is 1. The van der Waals surface area contributed by atoms with Gasteiger partial charge < -0.3 is 5.32 Å². The van der Waals surface area contributed by atoms with Crippen LogP contribution >= 0.6 is 22.7 Å². The third-order valence-corrected chi connectivity index (χ3v) is 5.85. The minimum atomic E-state index is -0.289. The van der Waals surface area contributed by atoms with E-state index in [9.17, 15) is 9.18 Å². The molecule has 1 N–H and O–H groups in total. The summed E-state index contributed by atoms with van der Waals surface area (Å²) in [5.74, 6) is -0.362. The molecule has 0 radical (unpaired) electrons. The number of hydrogen-bond donors (Lipinski definition) is 1. The smallest absolute Gasteiger partial charge is 0.234 e. The Labute approximate surface area is 166 Å². The van der Waals surface area contributed by atoms with Gasteiger partial charge in [0.1, 0.15) is 5.82 Å². The van der Waals surface area contributed by atoms with Crippen molar-refractivity contribution in [2.45, 2.75) is 12.6 Å². The van der Waals surface area contributed by atoms with Crippen LogP contribution in [0.25, 0.3) is 0 Å². The van der Waals surface area contributed by atoms with Crippen LogP contribution in [0, 0.1) is 5.82 Å². The van der Waals surface area contributed by atoms with Gasteiger partial charge in [-0.15, -0.1) is 29.3 Å². The number of rotatable bonds is 9. The maximum Gasteiger partial charge on any atom is 0.234 e. The molecule has 140 valence electrons. The fourth-order valence-electron chi connectivity index (χ4n) is 2.83. The summed E-state index contributed by atoms with van der Waals surface area (Å²) in [4.78, 5) is 17.0. The summed E-state index contributed by atoms with van der Waals surface area (Å²) in [7, 11) is 0. The maximum atomic E-state index is 13.3. The summed E-state index contributed by atoms with van der Waals surface area (Å²) >= 11 is 3.24. The molecule has 6 heteroatoms. The van der Waals surface area contributed by atoms with Gasteiger partial charge in [0, 0.05) is 22.8 Å². The monoisotopic (exact) mass is 400 g/mol. The van der Waals surface area contributed by atoms with E-state index in [4.69, 9.17) is 0 Å². The molecule has 0 saturated carbocycles. The minimum Gasteiger partial charge on any atom is -0.343 e. The molecular weight excluding hydrogens is 379 g/mol. The Morgan fingerprint density at radius 3 is 2.52 bits per heavy atom. The first kappa shape index (κ1) is 19.5. The molecule has 0 saturated heterocycles. The quantitative estimate of drug-likeness (QED) is 0.521. The Kier molecular flexibility index (Phi) is 6.92. The highest BCUT2D eigenvalue weighted by molar-refractivity contribution is 7.10. The molecule has 3 nitrogen and oxygen atoms in total. The predicted octanol–water partition coefficient (Wildman–Crippen LogP) is 4.84. The molecule has 1 atom stereocenters. The number of nitrogens with one attached hydrogen (secondary N) is 1. The molecule has 1 aromatic carbocycles. The van der Waals surface area contributed by atoms with Crippen molar-refractivity contribution in [3.63, 3.8) is 0 Å². The van der Waals surface area contributed by atoms with E-state index in [1.54, 1.807) is 40.9 Å². The van der Waals surface area contributed by atoms with Gasteiger partial charge in [-0.3, -0.25) is 9.69 Å². The third-order valence-electron chi connectivity index (χ3n) is 4.05. The zero-order valence-corrected chi connectivity index (χ0v) is 16.4. The van der Waals surface area contributed by atoms with Crippen molar-refractivity contribution >= 4 is 28.6 Å². The largest absolute Gasteiger partial charge is 0.343 e. The number of halogens is 1. The molecule has 0 fully saturated rings. The first-order chi connectivity index (χ1) is 13.2. The summed E-state index contributed by atoms with van der Waals surface area (Å²) in [6, 6.07) is 14.0. The highest BCUT2D eigenvalue weighted by atomic mass is 32.1. The van der Waals surface area contributed by atoms with Crippen LogP contribution in [-0.2, 0) is 11.3 Å². The first-order valence-corrected chi connectivity index (χ1v) is 10.4. The van der Waals surface area contributed by atoms with E-state index < -0.39 is 0 Å². The van der Waals surface area contributed by atoms with Gasteiger partial charge in [-0.25, -0.2) is 4.39 Å². The molecule has 27 heavy (non-hydrogen) atoms.